The van der Waals surface area contributed by atoms with Crippen LogP contribution in [0.1, 0.15) is 35.1 Å². The number of benzene rings is 2. The summed E-state index contributed by atoms with van der Waals surface area (Å²) < 4.78 is 0. The largest absolute Gasteiger partial charge is 0.508 e. The van der Waals surface area contributed by atoms with Crippen molar-refractivity contribution in [3.63, 3.8) is 0 Å². The summed E-state index contributed by atoms with van der Waals surface area (Å²) in [5.41, 5.74) is 2.77. The monoisotopic (exact) mass is 333 g/mol. The van der Waals surface area contributed by atoms with Crippen LogP contribution < -0.4 is 5.32 Å². The molecule has 2 aliphatic rings. The van der Waals surface area contributed by atoms with E-state index in [0.29, 0.717) is 11.1 Å². The van der Waals surface area contributed by atoms with Gasteiger partial charge in [-0.15, -0.1) is 0 Å². The van der Waals surface area contributed by atoms with Crippen LogP contribution >= 0.6 is 0 Å². The number of nitro groups is 1. The van der Waals surface area contributed by atoms with E-state index in [-0.39, 0.29) is 29.3 Å². The van der Waals surface area contributed by atoms with E-state index < -0.39 is 4.92 Å². The van der Waals surface area contributed by atoms with Crippen LogP contribution in [0.4, 0.5) is 11.4 Å². The van der Waals surface area contributed by atoms with Gasteiger partial charge in [0.2, 0.25) is 0 Å². The summed E-state index contributed by atoms with van der Waals surface area (Å²) in [5, 5.41) is 34.2. The molecule has 1 aliphatic carbocycles. The summed E-state index contributed by atoms with van der Waals surface area (Å²) in [6, 6.07) is 11.6. The molecule has 0 bridgehead atoms. The third-order valence-corrected chi connectivity index (χ3v) is 5.07. The van der Waals surface area contributed by atoms with Gasteiger partial charge in [0.1, 0.15) is 11.8 Å². The standard InChI is InChI=1S/C19H15N3O3/c20-10-11-3-1-5-14-13-4-2-6-15(13)19(21-18(11)14)16-9-12(22(24)25)7-8-17(16)23/h1-5,7-9,13,15,19,21,23H,6H2. The lowest BCUT2D eigenvalue weighted by Crippen LogP contribution is -2.29. The van der Waals surface area contributed by atoms with Crippen molar-refractivity contribution in [3.05, 3.63) is 75.4 Å². The van der Waals surface area contributed by atoms with Gasteiger partial charge in [-0.2, -0.15) is 5.26 Å². The Morgan fingerprint density at radius 2 is 2.12 bits per heavy atom. The van der Waals surface area contributed by atoms with Crippen molar-refractivity contribution < 1.29 is 10.0 Å². The van der Waals surface area contributed by atoms with Gasteiger partial charge < -0.3 is 10.4 Å². The quantitative estimate of drug-likeness (QED) is 0.491. The average Bonchev–Trinajstić information content (AvgIpc) is 3.11. The Morgan fingerprint density at radius 1 is 1.28 bits per heavy atom. The fraction of sp³-hybridized carbons (Fsp3) is 0.211. The van der Waals surface area contributed by atoms with E-state index in [4.69, 9.17) is 0 Å². The number of phenols is 1. The zero-order valence-electron chi connectivity index (χ0n) is 13.2. The van der Waals surface area contributed by atoms with Crippen molar-refractivity contribution in [1.29, 1.82) is 5.26 Å². The van der Waals surface area contributed by atoms with Gasteiger partial charge in [-0.3, -0.25) is 10.1 Å². The topological polar surface area (TPSA) is 99.2 Å². The van der Waals surface area contributed by atoms with Crippen molar-refractivity contribution in [2.24, 2.45) is 5.92 Å². The third kappa shape index (κ3) is 2.32. The Bertz CT molecular complexity index is 945. The molecule has 0 amide bonds. The molecular formula is C19H15N3O3. The summed E-state index contributed by atoms with van der Waals surface area (Å²) >= 11 is 0. The highest BCUT2D eigenvalue weighted by Crippen LogP contribution is 2.52. The van der Waals surface area contributed by atoms with Crippen LogP contribution in [-0.4, -0.2) is 10.0 Å². The first-order valence-corrected chi connectivity index (χ1v) is 8.03. The number of nitrogens with one attached hydrogen (secondary N) is 1. The second-order valence-electron chi connectivity index (χ2n) is 6.36. The van der Waals surface area contributed by atoms with Crippen LogP contribution in [-0.2, 0) is 0 Å². The summed E-state index contributed by atoms with van der Waals surface area (Å²) in [6.45, 7) is 0. The molecule has 124 valence electrons. The Balaban J connectivity index is 1.86. The number of nitriles is 1. The molecule has 0 spiro atoms. The van der Waals surface area contributed by atoms with Crippen LogP contribution in [0.3, 0.4) is 0 Å². The zero-order chi connectivity index (χ0) is 17.6. The summed E-state index contributed by atoms with van der Waals surface area (Å²) in [5.74, 6) is 0.272. The molecule has 0 aromatic heterocycles. The van der Waals surface area contributed by atoms with Crippen molar-refractivity contribution in [2.75, 3.05) is 5.32 Å². The number of phenolic OH excluding ortho intramolecular Hbond substituents is 1. The van der Waals surface area contributed by atoms with Gasteiger partial charge in [-0.25, -0.2) is 0 Å². The molecule has 25 heavy (non-hydrogen) atoms. The Morgan fingerprint density at radius 3 is 2.88 bits per heavy atom. The number of hydrogen-bond acceptors (Lipinski definition) is 5. The minimum absolute atomic E-state index is 0.0200. The molecule has 0 saturated heterocycles. The number of hydrogen-bond donors (Lipinski definition) is 2. The Hall–Kier alpha value is -3.33. The fourth-order valence-electron chi connectivity index (χ4n) is 3.93. The van der Waals surface area contributed by atoms with Crippen LogP contribution in [0.25, 0.3) is 0 Å². The van der Waals surface area contributed by atoms with Gasteiger partial charge in [0.15, 0.2) is 0 Å². The molecule has 2 aromatic carbocycles. The van der Waals surface area contributed by atoms with Crippen LogP contribution in [0.5, 0.6) is 5.75 Å². The van der Waals surface area contributed by atoms with Crippen molar-refractivity contribution in [2.45, 2.75) is 18.4 Å². The second-order valence-corrected chi connectivity index (χ2v) is 6.36. The highest BCUT2D eigenvalue weighted by Gasteiger charge is 2.40. The number of nitro benzene ring substituents is 1. The summed E-state index contributed by atoms with van der Waals surface area (Å²) in [4.78, 5) is 10.7. The van der Waals surface area contributed by atoms with Gasteiger partial charge in [0.05, 0.1) is 22.2 Å². The van der Waals surface area contributed by atoms with Gasteiger partial charge >= 0.3 is 0 Å². The molecule has 0 radical (unpaired) electrons. The Labute approximate surface area is 144 Å². The van der Waals surface area contributed by atoms with Crippen molar-refractivity contribution >= 4 is 11.4 Å². The smallest absolute Gasteiger partial charge is 0.270 e. The highest BCUT2D eigenvalue weighted by molar-refractivity contribution is 5.68. The van der Waals surface area contributed by atoms with Gasteiger partial charge in [0.25, 0.3) is 5.69 Å². The maximum atomic E-state index is 11.1. The summed E-state index contributed by atoms with van der Waals surface area (Å²) in [6.07, 6.45) is 5.01. The van der Waals surface area contributed by atoms with Crippen LogP contribution in [0, 0.1) is 27.4 Å². The zero-order valence-corrected chi connectivity index (χ0v) is 13.2. The highest BCUT2D eigenvalue weighted by atomic mass is 16.6. The number of aromatic hydroxyl groups is 1. The molecule has 3 unspecified atom stereocenters. The first-order valence-electron chi connectivity index (χ1n) is 8.03. The number of non-ortho nitro benzene ring substituents is 1. The second kappa shape index (κ2) is 5.64. The maximum absolute atomic E-state index is 11.1. The number of fused-ring (bicyclic) bond motifs is 3. The number of rotatable bonds is 2. The van der Waals surface area contributed by atoms with E-state index in [9.17, 15) is 20.5 Å². The fourth-order valence-corrected chi connectivity index (χ4v) is 3.93. The number of nitrogens with zero attached hydrogens (tertiary/aromatic N) is 2. The third-order valence-electron chi connectivity index (χ3n) is 5.07. The molecule has 1 aliphatic heterocycles. The molecule has 1 heterocycles. The SMILES string of the molecule is N#Cc1cccc2c1NC(c1cc([N+](=O)[O-])ccc1O)C1CC=CC21. The molecule has 2 aromatic rings. The number of para-hydroxylation sites is 1. The molecule has 6 nitrogen and oxygen atoms in total. The van der Waals surface area contributed by atoms with E-state index in [2.05, 4.69) is 23.5 Å². The molecule has 6 heteroatoms. The Kier molecular flexibility index (Phi) is 3.43. The molecule has 0 saturated carbocycles. The lowest BCUT2D eigenvalue weighted by molar-refractivity contribution is -0.385. The molecule has 4 rings (SSSR count). The van der Waals surface area contributed by atoms with Crippen LogP contribution in [0.15, 0.2) is 48.6 Å². The molecule has 0 fully saturated rings. The normalized spacial score (nSPS) is 23.2. The van der Waals surface area contributed by atoms with Crippen molar-refractivity contribution in [3.8, 4) is 11.8 Å². The van der Waals surface area contributed by atoms with Gasteiger partial charge in [-0.05, 0) is 30.0 Å². The maximum Gasteiger partial charge on any atom is 0.270 e. The van der Waals surface area contributed by atoms with E-state index >= 15 is 0 Å². The van der Waals surface area contributed by atoms with Gasteiger partial charge in [-0.1, -0.05) is 24.3 Å². The van der Waals surface area contributed by atoms with E-state index in [1.165, 1.54) is 18.2 Å². The van der Waals surface area contributed by atoms with E-state index in [1.54, 1.807) is 6.07 Å². The first-order chi connectivity index (χ1) is 12.1. The van der Waals surface area contributed by atoms with E-state index in [1.807, 2.05) is 12.1 Å². The average molecular weight is 333 g/mol. The molecule has 3 atom stereocenters. The number of anilines is 1. The lowest BCUT2D eigenvalue weighted by Gasteiger charge is -2.38. The minimum atomic E-state index is -0.467. The lowest BCUT2D eigenvalue weighted by atomic mass is 9.76. The molecule has 2 N–H and O–H groups in total. The summed E-state index contributed by atoms with van der Waals surface area (Å²) in [7, 11) is 0. The van der Waals surface area contributed by atoms with Crippen molar-refractivity contribution in [1.82, 2.24) is 0 Å². The molecular weight excluding hydrogens is 318 g/mol. The predicted octanol–water partition coefficient (Wildman–Crippen LogP) is 4.00. The minimum Gasteiger partial charge on any atom is -0.508 e. The number of allylic oxidation sites excluding steroid dienone is 2. The predicted molar refractivity (Wildman–Crippen MR) is 92.3 cm³/mol. The van der Waals surface area contributed by atoms with Gasteiger partial charge in [0, 0.05) is 23.6 Å². The van der Waals surface area contributed by atoms with Crippen LogP contribution in [0.2, 0.25) is 0 Å². The first kappa shape index (κ1) is 15.2. The van der Waals surface area contributed by atoms with E-state index in [0.717, 1.165) is 17.7 Å².